The van der Waals surface area contributed by atoms with Crippen molar-refractivity contribution >= 4 is 12.0 Å². The molecule has 1 fully saturated rings. The van der Waals surface area contributed by atoms with Crippen LogP contribution in [0.2, 0.25) is 0 Å². The number of rotatable bonds is 8. The van der Waals surface area contributed by atoms with Gasteiger partial charge in [0.25, 0.3) is 0 Å². The van der Waals surface area contributed by atoms with E-state index in [1.54, 1.807) is 12.4 Å². The Bertz CT molecular complexity index is 1050. The van der Waals surface area contributed by atoms with E-state index in [0.29, 0.717) is 18.5 Å². The van der Waals surface area contributed by atoms with Gasteiger partial charge in [0.1, 0.15) is 0 Å². The Labute approximate surface area is 195 Å². The van der Waals surface area contributed by atoms with Crippen LogP contribution >= 0.6 is 0 Å². The molecule has 4 rings (SSSR count). The predicted octanol–water partition coefficient (Wildman–Crippen LogP) is 4.61. The van der Waals surface area contributed by atoms with Crippen LogP contribution in [0.25, 0.3) is 11.4 Å². The SMILES string of the molecule is Cc1cccnc1-c1ccc(C)c([C@@H]2CCCCN2CCCCNC(=O)Nc2ncc[nH]2)n1. The van der Waals surface area contributed by atoms with Crippen molar-refractivity contribution in [2.75, 3.05) is 25.0 Å². The van der Waals surface area contributed by atoms with Crippen LogP contribution in [0.4, 0.5) is 10.7 Å². The molecule has 0 unspecified atom stereocenters. The van der Waals surface area contributed by atoms with Gasteiger partial charge in [-0.15, -0.1) is 0 Å². The monoisotopic (exact) mass is 447 g/mol. The van der Waals surface area contributed by atoms with Crippen molar-refractivity contribution in [1.82, 2.24) is 30.2 Å². The van der Waals surface area contributed by atoms with Crippen molar-refractivity contribution in [3.8, 4) is 11.4 Å². The number of hydrogen-bond acceptors (Lipinski definition) is 5. The van der Waals surface area contributed by atoms with Crippen molar-refractivity contribution in [3.63, 3.8) is 0 Å². The van der Waals surface area contributed by atoms with E-state index < -0.39 is 0 Å². The minimum absolute atomic E-state index is 0.234. The van der Waals surface area contributed by atoms with Crippen LogP contribution in [0.1, 0.15) is 55.0 Å². The second-order valence-electron chi connectivity index (χ2n) is 8.64. The first kappa shape index (κ1) is 22.9. The summed E-state index contributed by atoms with van der Waals surface area (Å²) in [4.78, 5) is 31.0. The number of amides is 2. The molecular formula is C25H33N7O. The molecule has 3 aromatic heterocycles. The third-order valence-electron chi connectivity index (χ3n) is 6.21. The van der Waals surface area contributed by atoms with Crippen LogP contribution in [0.3, 0.4) is 0 Å². The highest BCUT2D eigenvalue weighted by Crippen LogP contribution is 2.33. The molecule has 0 saturated carbocycles. The van der Waals surface area contributed by atoms with Crippen molar-refractivity contribution in [3.05, 3.63) is 59.7 Å². The highest BCUT2D eigenvalue weighted by atomic mass is 16.2. The quantitative estimate of drug-likeness (QED) is 0.438. The molecule has 3 aromatic rings. The molecule has 2 amide bonds. The van der Waals surface area contributed by atoms with E-state index in [0.717, 1.165) is 49.3 Å². The predicted molar refractivity (Wildman–Crippen MR) is 130 cm³/mol. The number of anilines is 1. The van der Waals surface area contributed by atoms with Crippen molar-refractivity contribution in [2.24, 2.45) is 0 Å². The lowest BCUT2D eigenvalue weighted by Crippen LogP contribution is -2.36. The number of piperidine rings is 1. The van der Waals surface area contributed by atoms with E-state index in [9.17, 15) is 4.79 Å². The fraction of sp³-hybridized carbons (Fsp3) is 0.440. The number of carbonyl (C=O) groups excluding carboxylic acids is 1. The number of carbonyl (C=O) groups is 1. The van der Waals surface area contributed by atoms with Gasteiger partial charge in [-0.1, -0.05) is 18.6 Å². The standard InChI is InChI=1S/C25H33N7O/c1-18-8-7-13-26-22(18)20-11-10-19(2)23(30-20)21-9-3-5-16-32(21)17-6-4-12-29-25(33)31-24-27-14-15-28-24/h7-8,10-11,13-15,21H,3-6,9,12,16-17H2,1-2H3,(H3,27,28,29,31,33)/t21-/m0/s1. The number of imidazole rings is 1. The van der Waals surface area contributed by atoms with Gasteiger partial charge in [-0.05, 0) is 75.9 Å². The van der Waals surface area contributed by atoms with Gasteiger partial charge in [0.2, 0.25) is 5.95 Å². The number of likely N-dealkylation sites (tertiary alicyclic amines) is 1. The van der Waals surface area contributed by atoms with Gasteiger partial charge in [0, 0.05) is 25.1 Å². The number of hydrogen-bond donors (Lipinski definition) is 3. The van der Waals surface area contributed by atoms with E-state index in [2.05, 4.69) is 62.5 Å². The second kappa shape index (κ2) is 11.0. The van der Waals surface area contributed by atoms with Crippen molar-refractivity contribution in [1.29, 1.82) is 0 Å². The number of aromatic nitrogens is 4. The number of aromatic amines is 1. The molecule has 0 aliphatic carbocycles. The van der Waals surface area contributed by atoms with Crippen LogP contribution in [0.15, 0.2) is 42.9 Å². The number of urea groups is 1. The third-order valence-corrected chi connectivity index (χ3v) is 6.21. The highest BCUT2D eigenvalue weighted by Gasteiger charge is 2.26. The summed E-state index contributed by atoms with van der Waals surface area (Å²) in [7, 11) is 0. The summed E-state index contributed by atoms with van der Waals surface area (Å²) in [5.41, 5.74) is 5.46. The number of aryl methyl sites for hydroxylation is 2. The molecule has 0 radical (unpaired) electrons. The third kappa shape index (κ3) is 5.96. The van der Waals surface area contributed by atoms with Crippen LogP contribution in [0.5, 0.6) is 0 Å². The fourth-order valence-electron chi connectivity index (χ4n) is 4.46. The maximum absolute atomic E-state index is 11.9. The number of pyridine rings is 2. The number of unbranched alkanes of at least 4 members (excludes halogenated alkanes) is 1. The maximum Gasteiger partial charge on any atom is 0.321 e. The maximum atomic E-state index is 11.9. The molecule has 1 aliphatic heterocycles. The molecule has 8 heteroatoms. The number of nitrogens with one attached hydrogen (secondary N) is 3. The highest BCUT2D eigenvalue weighted by molar-refractivity contribution is 5.87. The number of H-pyrrole nitrogens is 1. The molecule has 0 spiro atoms. The van der Waals surface area contributed by atoms with Crippen LogP contribution < -0.4 is 10.6 Å². The minimum atomic E-state index is -0.234. The molecule has 4 heterocycles. The summed E-state index contributed by atoms with van der Waals surface area (Å²) in [5.74, 6) is 0.453. The van der Waals surface area contributed by atoms with Gasteiger partial charge in [-0.2, -0.15) is 0 Å². The summed E-state index contributed by atoms with van der Waals surface area (Å²) in [6.45, 7) is 6.97. The molecule has 33 heavy (non-hydrogen) atoms. The Hall–Kier alpha value is -3.26. The molecule has 0 bridgehead atoms. The molecule has 1 saturated heterocycles. The van der Waals surface area contributed by atoms with Gasteiger partial charge in [0.15, 0.2) is 0 Å². The summed E-state index contributed by atoms with van der Waals surface area (Å²) < 4.78 is 0. The summed E-state index contributed by atoms with van der Waals surface area (Å²) in [6, 6.07) is 8.41. The lowest BCUT2D eigenvalue weighted by atomic mass is 9.95. The smallest absolute Gasteiger partial charge is 0.321 e. The van der Waals surface area contributed by atoms with E-state index in [1.807, 2.05) is 12.3 Å². The molecule has 8 nitrogen and oxygen atoms in total. The Balaban J connectivity index is 1.34. The van der Waals surface area contributed by atoms with Crippen molar-refractivity contribution in [2.45, 2.75) is 52.0 Å². The normalized spacial score (nSPS) is 16.5. The largest absolute Gasteiger partial charge is 0.338 e. The first-order chi connectivity index (χ1) is 16.1. The second-order valence-corrected chi connectivity index (χ2v) is 8.64. The topological polar surface area (TPSA) is 98.8 Å². The summed E-state index contributed by atoms with van der Waals surface area (Å²) in [6.07, 6.45) is 10.6. The van der Waals surface area contributed by atoms with Crippen LogP contribution in [0, 0.1) is 13.8 Å². The zero-order valence-electron chi connectivity index (χ0n) is 19.5. The molecule has 1 aliphatic rings. The van der Waals surface area contributed by atoms with Crippen LogP contribution in [-0.2, 0) is 0 Å². The van der Waals surface area contributed by atoms with Gasteiger partial charge in [-0.3, -0.25) is 15.2 Å². The first-order valence-electron chi connectivity index (χ1n) is 11.8. The summed E-state index contributed by atoms with van der Waals surface area (Å²) in [5, 5.41) is 5.57. The summed E-state index contributed by atoms with van der Waals surface area (Å²) >= 11 is 0. The van der Waals surface area contributed by atoms with E-state index in [1.165, 1.54) is 24.1 Å². The zero-order valence-corrected chi connectivity index (χ0v) is 19.5. The number of nitrogens with zero attached hydrogens (tertiary/aromatic N) is 4. The Morgan fingerprint density at radius 1 is 1.12 bits per heavy atom. The van der Waals surface area contributed by atoms with Crippen LogP contribution in [-0.4, -0.2) is 50.5 Å². The molecule has 3 N–H and O–H groups in total. The van der Waals surface area contributed by atoms with Gasteiger partial charge in [0.05, 0.1) is 23.1 Å². The Morgan fingerprint density at radius 2 is 2.03 bits per heavy atom. The molecular weight excluding hydrogens is 414 g/mol. The van der Waals surface area contributed by atoms with Crippen molar-refractivity contribution < 1.29 is 4.79 Å². The zero-order chi connectivity index (χ0) is 23.0. The minimum Gasteiger partial charge on any atom is -0.338 e. The fourth-order valence-corrected chi connectivity index (χ4v) is 4.46. The lowest BCUT2D eigenvalue weighted by Gasteiger charge is -2.36. The molecule has 1 atom stereocenters. The van der Waals surface area contributed by atoms with Gasteiger partial charge < -0.3 is 10.3 Å². The lowest BCUT2D eigenvalue weighted by molar-refractivity contribution is 0.142. The first-order valence-corrected chi connectivity index (χ1v) is 11.8. The average Bonchev–Trinajstić information content (AvgIpc) is 3.33. The average molecular weight is 448 g/mol. The molecule has 174 valence electrons. The van der Waals surface area contributed by atoms with Gasteiger partial charge in [-0.25, -0.2) is 14.8 Å². The van der Waals surface area contributed by atoms with E-state index >= 15 is 0 Å². The van der Waals surface area contributed by atoms with E-state index in [4.69, 9.17) is 4.98 Å². The van der Waals surface area contributed by atoms with E-state index in [-0.39, 0.29) is 6.03 Å². The molecule has 0 aromatic carbocycles. The van der Waals surface area contributed by atoms with Gasteiger partial charge >= 0.3 is 6.03 Å². The Kier molecular flexibility index (Phi) is 7.67. The Morgan fingerprint density at radius 3 is 2.85 bits per heavy atom.